The zero-order valence-electron chi connectivity index (χ0n) is 15.2. The lowest BCUT2D eigenvalue weighted by atomic mass is 10.00. The molecule has 0 spiro atoms. The van der Waals surface area contributed by atoms with E-state index in [2.05, 4.69) is 4.98 Å². The highest BCUT2D eigenvalue weighted by atomic mass is 32.1. The second-order valence-corrected chi connectivity index (χ2v) is 7.66. The second kappa shape index (κ2) is 7.14. The van der Waals surface area contributed by atoms with E-state index in [1.54, 1.807) is 6.07 Å². The largest absolute Gasteiger partial charge is 0.494 e. The molecule has 0 amide bonds. The molecule has 1 heterocycles. The molecule has 0 fully saturated rings. The van der Waals surface area contributed by atoms with E-state index in [9.17, 15) is 23.1 Å². The fraction of sp³-hybridized carbons (Fsp3) is 0.250. The van der Waals surface area contributed by atoms with Gasteiger partial charge in [0, 0.05) is 5.92 Å². The molecule has 0 aliphatic heterocycles. The number of nitrogens with one attached hydrogen (secondary N) is 1. The maximum atomic E-state index is 12.9. The number of thiazole rings is 1. The normalized spacial score (nSPS) is 15.9. The Morgan fingerprint density at radius 1 is 1.17 bits per heavy atom. The minimum absolute atomic E-state index is 0.0137. The smallest absolute Gasteiger partial charge is 0.416 e. The molecular formula is C20H16F3NO4S. The Bertz CT molecular complexity index is 1120. The van der Waals surface area contributed by atoms with Gasteiger partial charge in [-0.05, 0) is 54.3 Å². The van der Waals surface area contributed by atoms with Gasteiger partial charge in [-0.25, -0.2) is 0 Å². The van der Waals surface area contributed by atoms with Gasteiger partial charge in [0.25, 0.3) is 0 Å². The Labute approximate surface area is 167 Å². The number of aromatic hydroxyl groups is 1. The van der Waals surface area contributed by atoms with Gasteiger partial charge in [-0.15, -0.1) is 0 Å². The van der Waals surface area contributed by atoms with Gasteiger partial charge < -0.3 is 14.6 Å². The Hall–Kier alpha value is -2.94. The molecule has 9 heteroatoms. The monoisotopic (exact) mass is 423 g/mol. The summed E-state index contributed by atoms with van der Waals surface area (Å²) >= 11 is 0.989. The predicted octanol–water partition coefficient (Wildman–Crippen LogP) is 5.04. The molecule has 1 aromatic heterocycles. The average Bonchev–Trinajstić information content (AvgIpc) is 3.22. The first-order chi connectivity index (χ1) is 13.8. The maximum Gasteiger partial charge on any atom is 0.416 e. The van der Waals surface area contributed by atoms with Gasteiger partial charge in [0.05, 0.1) is 17.6 Å². The third-order valence-electron chi connectivity index (χ3n) is 4.88. The van der Waals surface area contributed by atoms with Crippen LogP contribution in [0.25, 0.3) is 0 Å². The number of hydrogen-bond acceptors (Lipinski definition) is 5. The molecule has 1 aliphatic rings. The number of methoxy groups -OCH3 is 1. The summed E-state index contributed by atoms with van der Waals surface area (Å²) in [6.07, 6.45) is -3.00. The van der Waals surface area contributed by atoms with Crippen molar-refractivity contribution in [2.45, 2.75) is 24.9 Å². The lowest BCUT2D eigenvalue weighted by Crippen LogP contribution is -2.05. The highest BCUT2D eigenvalue weighted by Crippen LogP contribution is 2.44. The minimum Gasteiger partial charge on any atom is -0.494 e. The highest BCUT2D eigenvalue weighted by Gasteiger charge is 2.32. The van der Waals surface area contributed by atoms with Gasteiger partial charge in [-0.1, -0.05) is 17.4 Å². The Balaban J connectivity index is 1.61. The topological polar surface area (TPSA) is 71.5 Å². The van der Waals surface area contributed by atoms with Crippen LogP contribution in [0.2, 0.25) is 0 Å². The molecule has 4 rings (SSSR count). The van der Waals surface area contributed by atoms with Crippen molar-refractivity contribution in [1.82, 2.24) is 4.98 Å². The molecule has 0 radical (unpaired) electrons. The molecule has 5 nitrogen and oxygen atoms in total. The summed E-state index contributed by atoms with van der Waals surface area (Å²) in [5, 5.41) is 9.94. The summed E-state index contributed by atoms with van der Waals surface area (Å²) in [6, 6.07) is 8.45. The van der Waals surface area contributed by atoms with E-state index in [0.29, 0.717) is 10.6 Å². The lowest BCUT2D eigenvalue weighted by molar-refractivity contribution is -0.137. The van der Waals surface area contributed by atoms with Crippen molar-refractivity contribution < 1.29 is 27.8 Å². The minimum atomic E-state index is -4.47. The number of aromatic nitrogens is 1. The van der Waals surface area contributed by atoms with Gasteiger partial charge in [-0.2, -0.15) is 13.2 Å². The summed E-state index contributed by atoms with van der Waals surface area (Å²) in [7, 11) is 1.28. The van der Waals surface area contributed by atoms with Crippen LogP contribution in [0.3, 0.4) is 0 Å². The van der Waals surface area contributed by atoms with Gasteiger partial charge in [-0.3, -0.25) is 9.78 Å². The first-order valence-electron chi connectivity index (χ1n) is 8.74. The highest BCUT2D eigenvalue weighted by molar-refractivity contribution is 7.09. The second-order valence-electron chi connectivity index (χ2n) is 6.64. The van der Waals surface area contributed by atoms with E-state index in [4.69, 9.17) is 9.47 Å². The molecule has 29 heavy (non-hydrogen) atoms. The molecule has 0 saturated heterocycles. The zero-order valence-corrected chi connectivity index (χ0v) is 16.0. The van der Waals surface area contributed by atoms with Crippen molar-refractivity contribution >= 4 is 11.3 Å². The zero-order chi connectivity index (χ0) is 20.8. The van der Waals surface area contributed by atoms with Crippen LogP contribution < -0.4 is 14.3 Å². The van der Waals surface area contributed by atoms with Crippen molar-refractivity contribution in [3.05, 3.63) is 67.6 Å². The van der Waals surface area contributed by atoms with Crippen LogP contribution in [-0.4, -0.2) is 17.2 Å². The maximum absolute atomic E-state index is 12.9. The van der Waals surface area contributed by atoms with Crippen LogP contribution in [0.4, 0.5) is 13.2 Å². The summed E-state index contributed by atoms with van der Waals surface area (Å²) < 4.78 is 49.5. The molecule has 152 valence electrons. The lowest BCUT2D eigenvalue weighted by Gasteiger charge is -2.14. The Morgan fingerprint density at radius 3 is 2.62 bits per heavy atom. The standard InChI is InChI=1S/C20H16F3NO4S/c1-27-16-9-11(20(21,22)23)3-7-15(16)28-12-4-6-13-10(8-12)2-5-14(13)17-18(25)24-19(26)29-17/h3-4,6-9,14,25H,2,5H2,1H3,(H,24,26)/t14-/m1/s1. The van der Waals surface area contributed by atoms with Gasteiger partial charge in [0.15, 0.2) is 11.5 Å². The summed E-state index contributed by atoms with van der Waals surface area (Å²) in [4.78, 5) is 14.2. The van der Waals surface area contributed by atoms with E-state index in [-0.39, 0.29) is 28.2 Å². The number of benzene rings is 2. The third-order valence-corrected chi connectivity index (χ3v) is 5.87. The summed E-state index contributed by atoms with van der Waals surface area (Å²) in [5.74, 6) is 0.446. The molecule has 1 aliphatic carbocycles. The number of halogens is 3. The van der Waals surface area contributed by atoms with E-state index >= 15 is 0 Å². The van der Waals surface area contributed by atoms with Crippen LogP contribution in [0, 0.1) is 0 Å². The molecule has 2 N–H and O–H groups in total. The van der Waals surface area contributed by atoms with Gasteiger partial charge in [0.2, 0.25) is 5.88 Å². The van der Waals surface area contributed by atoms with E-state index in [1.807, 2.05) is 12.1 Å². The van der Waals surface area contributed by atoms with Crippen molar-refractivity contribution in [1.29, 1.82) is 0 Å². The van der Waals surface area contributed by atoms with Crippen molar-refractivity contribution in [3.8, 4) is 23.1 Å². The van der Waals surface area contributed by atoms with Crippen molar-refractivity contribution in [2.24, 2.45) is 0 Å². The molecule has 0 saturated carbocycles. The van der Waals surface area contributed by atoms with Crippen LogP contribution in [0.15, 0.2) is 41.2 Å². The Kier molecular flexibility index (Phi) is 4.77. The number of alkyl halides is 3. The number of H-pyrrole nitrogens is 1. The molecular weight excluding hydrogens is 407 g/mol. The number of fused-ring (bicyclic) bond motifs is 1. The third kappa shape index (κ3) is 3.69. The van der Waals surface area contributed by atoms with Crippen LogP contribution in [0.5, 0.6) is 23.1 Å². The molecule has 2 aromatic carbocycles. The summed E-state index contributed by atoms with van der Waals surface area (Å²) in [6.45, 7) is 0. The molecule has 3 aromatic rings. The van der Waals surface area contributed by atoms with Crippen molar-refractivity contribution in [3.63, 3.8) is 0 Å². The van der Waals surface area contributed by atoms with E-state index < -0.39 is 11.7 Å². The van der Waals surface area contributed by atoms with Crippen LogP contribution in [-0.2, 0) is 12.6 Å². The van der Waals surface area contributed by atoms with Crippen LogP contribution in [0.1, 0.15) is 33.9 Å². The number of aryl methyl sites for hydroxylation is 1. The van der Waals surface area contributed by atoms with Gasteiger partial charge >= 0.3 is 11.0 Å². The molecule has 0 unspecified atom stereocenters. The van der Waals surface area contributed by atoms with Gasteiger partial charge in [0.1, 0.15) is 5.75 Å². The Morgan fingerprint density at radius 2 is 1.97 bits per heavy atom. The van der Waals surface area contributed by atoms with Crippen molar-refractivity contribution in [2.75, 3.05) is 7.11 Å². The predicted molar refractivity (Wildman–Crippen MR) is 101 cm³/mol. The van der Waals surface area contributed by atoms with E-state index in [0.717, 1.165) is 47.4 Å². The summed E-state index contributed by atoms with van der Waals surface area (Å²) in [5.41, 5.74) is 1.17. The molecule has 1 atom stereocenters. The quantitative estimate of drug-likeness (QED) is 0.617. The first-order valence-corrected chi connectivity index (χ1v) is 9.56. The first kappa shape index (κ1) is 19.4. The number of hydrogen-bond donors (Lipinski definition) is 2. The number of aromatic amines is 1. The van der Waals surface area contributed by atoms with E-state index in [1.165, 1.54) is 13.2 Å². The number of rotatable bonds is 4. The fourth-order valence-corrected chi connectivity index (χ4v) is 4.44. The van der Waals surface area contributed by atoms with Crippen LogP contribution >= 0.6 is 11.3 Å². The molecule has 0 bridgehead atoms. The fourth-order valence-electron chi connectivity index (χ4n) is 3.55. The number of ether oxygens (including phenoxy) is 2. The SMILES string of the molecule is COc1cc(C(F)(F)F)ccc1Oc1ccc2c(c1)CC[C@H]2c1sc(=O)[nH]c1O. The average molecular weight is 423 g/mol.